The molecule has 2 rings (SSSR count). The fourth-order valence-electron chi connectivity index (χ4n) is 1.69. The van der Waals surface area contributed by atoms with E-state index < -0.39 is 0 Å². The number of hydrogen-bond donors (Lipinski definition) is 2. The molecule has 6 heteroatoms. The molecule has 0 saturated carbocycles. The molecule has 0 aliphatic carbocycles. The van der Waals surface area contributed by atoms with Crippen molar-refractivity contribution in [2.75, 3.05) is 0 Å². The third-order valence-corrected chi connectivity index (χ3v) is 3.32. The van der Waals surface area contributed by atoms with Crippen LogP contribution in [0.5, 0.6) is 0 Å². The van der Waals surface area contributed by atoms with E-state index in [9.17, 15) is 0 Å². The highest BCUT2D eigenvalue weighted by Crippen LogP contribution is 2.29. The van der Waals surface area contributed by atoms with E-state index in [1.165, 1.54) is 0 Å². The molecular formula is C11H12BrClN4. The van der Waals surface area contributed by atoms with Gasteiger partial charge in [-0.1, -0.05) is 33.6 Å². The van der Waals surface area contributed by atoms with E-state index in [1.807, 2.05) is 31.4 Å². The molecule has 1 unspecified atom stereocenters. The molecule has 0 aliphatic heterocycles. The Morgan fingerprint density at radius 2 is 2.29 bits per heavy atom. The minimum absolute atomic E-state index is 0.163. The van der Waals surface area contributed by atoms with Crippen molar-refractivity contribution in [3.63, 3.8) is 0 Å². The van der Waals surface area contributed by atoms with E-state index >= 15 is 0 Å². The Morgan fingerprint density at radius 1 is 1.53 bits per heavy atom. The Bertz CT molecular complexity index is 526. The maximum atomic E-state index is 6.21. The number of hydrogen-bond acceptors (Lipinski definition) is 3. The fourth-order valence-corrected chi connectivity index (χ4v) is 2.47. The number of nitrogens with one attached hydrogen (secondary N) is 1. The number of aryl methyl sites for hydroxylation is 1. The molecule has 1 aromatic carbocycles. The molecule has 90 valence electrons. The second-order valence-electron chi connectivity index (χ2n) is 3.71. The summed E-state index contributed by atoms with van der Waals surface area (Å²) in [7, 11) is 1.86. The Morgan fingerprint density at radius 3 is 2.82 bits per heavy atom. The highest BCUT2D eigenvalue weighted by atomic mass is 79.9. The van der Waals surface area contributed by atoms with Crippen LogP contribution >= 0.6 is 27.5 Å². The number of rotatable bonds is 3. The van der Waals surface area contributed by atoms with Crippen molar-refractivity contribution in [2.24, 2.45) is 12.9 Å². The SMILES string of the molecule is Cn1cc(C(NN)c2ccc(Br)cc2Cl)cn1. The third kappa shape index (κ3) is 2.69. The molecule has 1 atom stereocenters. The summed E-state index contributed by atoms with van der Waals surface area (Å²) in [5, 5.41) is 4.79. The van der Waals surface area contributed by atoms with Crippen molar-refractivity contribution in [3.05, 3.63) is 51.2 Å². The van der Waals surface area contributed by atoms with Gasteiger partial charge in [-0.2, -0.15) is 5.10 Å². The number of benzene rings is 1. The van der Waals surface area contributed by atoms with Gasteiger partial charge in [-0.3, -0.25) is 10.5 Å². The average molecular weight is 316 g/mol. The number of hydrazine groups is 1. The molecule has 0 spiro atoms. The lowest BCUT2D eigenvalue weighted by atomic mass is 10.0. The molecule has 17 heavy (non-hydrogen) atoms. The minimum atomic E-state index is -0.163. The van der Waals surface area contributed by atoms with Crippen molar-refractivity contribution in [1.29, 1.82) is 0 Å². The molecule has 4 nitrogen and oxygen atoms in total. The molecule has 0 saturated heterocycles. The quantitative estimate of drug-likeness (QED) is 0.675. The summed E-state index contributed by atoms with van der Waals surface area (Å²) in [6, 6.07) is 5.55. The van der Waals surface area contributed by atoms with Crippen molar-refractivity contribution in [2.45, 2.75) is 6.04 Å². The molecule has 2 aromatic rings. The van der Waals surface area contributed by atoms with Gasteiger partial charge in [0.15, 0.2) is 0 Å². The second-order valence-corrected chi connectivity index (χ2v) is 5.04. The number of nitrogens with zero attached hydrogens (tertiary/aromatic N) is 2. The molecule has 0 fully saturated rings. The standard InChI is InChI=1S/C11H12BrClN4/c1-17-6-7(5-15-17)11(16-14)9-3-2-8(12)4-10(9)13/h2-6,11,16H,14H2,1H3. The number of nitrogens with two attached hydrogens (primary N) is 1. The van der Waals surface area contributed by atoms with Gasteiger partial charge in [0.05, 0.1) is 12.2 Å². The van der Waals surface area contributed by atoms with Gasteiger partial charge in [0.2, 0.25) is 0 Å². The van der Waals surface area contributed by atoms with E-state index in [4.69, 9.17) is 17.4 Å². The fraction of sp³-hybridized carbons (Fsp3) is 0.182. The van der Waals surface area contributed by atoms with Gasteiger partial charge in [-0.05, 0) is 17.7 Å². The highest BCUT2D eigenvalue weighted by molar-refractivity contribution is 9.10. The lowest BCUT2D eigenvalue weighted by molar-refractivity contribution is 0.636. The normalized spacial score (nSPS) is 12.7. The van der Waals surface area contributed by atoms with Crippen LogP contribution in [0.1, 0.15) is 17.2 Å². The molecule has 0 radical (unpaired) electrons. The van der Waals surface area contributed by atoms with Gasteiger partial charge >= 0.3 is 0 Å². The van der Waals surface area contributed by atoms with Crippen LogP contribution in [-0.2, 0) is 7.05 Å². The van der Waals surface area contributed by atoms with Crippen molar-refractivity contribution >= 4 is 27.5 Å². The smallest absolute Gasteiger partial charge is 0.0755 e. The number of aromatic nitrogens is 2. The van der Waals surface area contributed by atoms with Gasteiger partial charge < -0.3 is 0 Å². The Balaban J connectivity index is 2.42. The molecule has 1 heterocycles. The summed E-state index contributed by atoms with van der Waals surface area (Å²) >= 11 is 9.58. The maximum absolute atomic E-state index is 6.21. The Hall–Kier alpha value is -0.880. The highest BCUT2D eigenvalue weighted by Gasteiger charge is 2.17. The average Bonchev–Trinajstić information content (AvgIpc) is 2.69. The minimum Gasteiger partial charge on any atom is -0.275 e. The van der Waals surface area contributed by atoms with Crippen LogP contribution < -0.4 is 11.3 Å². The van der Waals surface area contributed by atoms with Gasteiger partial charge in [0.25, 0.3) is 0 Å². The van der Waals surface area contributed by atoms with Crippen molar-refractivity contribution < 1.29 is 0 Å². The zero-order valence-electron chi connectivity index (χ0n) is 9.19. The van der Waals surface area contributed by atoms with Gasteiger partial charge in [-0.15, -0.1) is 0 Å². The van der Waals surface area contributed by atoms with E-state index in [-0.39, 0.29) is 6.04 Å². The summed E-state index contributed by atoms with van der Waals surface area (Å²) < 4.78 is 2.67. The van der Waals surface area contributed by atoms with Crippen LogP contribution in [0.15, 0.2) is 35.1 Å². The first kappa shape index (κ1) is 12.6. The summed E-state index contributed by atoms with van der Waals surface area (Å²) in [4.78, 5) is 0. The first-order valence-electron chi connectivity index (χ1n) is 5.01. The zero-order valence-corrected chi connectivity index (χ0v) is 11.5. The van der Waals surface area contributed by atoms with Crippen LogP contribution in [0.25, 0.3) is 0 Å². The van der Waals surface area contributed by atoms with Gasteiger partial charge in [0.1, 0.15) is 0 Å². The summed E-state index contributed by atoms with van der Waals surface area (Å²) in [6.07, 6.45) is 3.67. The van der Waals surface area contributed by atoms with Crippen molar-refractivity contribution in [1.82, 2.24) is 15.2 Å². The third-order valence-electron chi connectivity index (χ3n) is 2.50. The molecule has 0 aliphatic rings. The molecule has 0 amide bonds. The Kier molecular flexibility index (Phi) is 3.83. The molecule has 0 bridgehead atoms. The zero-order chi connectivity index (χ0) is 12.4. The predicted molar refractivity (Wildman–Crippen MR) is 71.5 cm³/mol. The van der Waals surface area contributed by atoms with E-state index in [0.29, 0.717) is 5.02 Å². The lowest BCUT2D eigenvalue weighted by Gasteiger charge is -2.16. The van der Waals surface area contributed by atoms with Crippen LogP contribution in [0, 0.1) is 0 Å². The molecular weight excluding hydrogens is 304 g/mol. The predicted octanol–water partition coefficient (Wildman–Crippen LogP) is 2.39. The number of halogens is 2. The summed E-state index contributed by atoms with van der Waals surface area (Å²) in [6.45, 7) is 0. The van der Waals surface area contributed by atoms with Crippen LogP contribution in [0.2, 0.25) is 5.02 Å². The summed E-state index contributed by atoms with van der Waals surface area (Å²) in [5.74, 6) is 5.60. The van der Waals surface area contributed by atoms with Gasteiger partial charge in [0, 0.05) is 28.3 Å². The molecule has 3 N–H and O–H groups in total. The van der Waals surface area contributed by atoms with Gasteiger partial charge in [-0.25, -0.2) is 5.43 Å². The van der Waals surface area contributed by atoms with Crippen LogP contribution in [-0.4, -0.2) is 9.78 Å². The molecule has 1 aromatic heterocycles. The largest absolute Gasteiger partial charge is 0.275 e. The van der Waals surface area contributed by atoms with Crippen LogP contribution in [0.4, 0.5) is 0 Å². The van der Waals surface area contributed by atoms with Crippen molar-refractivity contribution in [3.8, 4) is 0 Å². The maximum Gasteiger partial charge on any atom is 0.0755 e. The van der Waals surface area contributed by atoms with E-state index in [1.54, 1.807) is 10.9 Å². The second kappa shape index (κ2) is 5.18. The van der Waals surface area contributed by atoms with E-state index in [2.05, 4.69) is 26.5 Å². The van der Waals surface area contributed by atoms with Crippen LogP contribution in [0.3, 0.4) is 0 Å². The Labute approximate surface area is 113 Å². The first-order valence-corrected chi connectivity index (χ1v) is 6.18. The van der Waals surface area contributed by atoms with E-state index in [0.717, 1.165) is 15.6 Å². The monoisotopic (exact) mass is 314 g/mol. The topological polar surface area (TPSA) is 55.9 Å². The lowest BCUT2D eigenvalue weighted by Crippen LogP contribution is -2.28. The summed E-state index contributed by atoms with van der Waals surface area (Å²) in [5.41, 5.74) is 4.65. The first-order chi connectivity index (χ1) is 8.11.